The minimum absolute atomic E-state index is 0.489. The number of rotatable bonds is 6. The molecule has 0 aromatic carbocycles. The highest BCUT2D eigenvalue weighted by molar-refractivity contribution is 5.08. The second kappa shape index (κ2) is 5.78. The lowest BCUT2D eigenvalue weighted by Gasteiger charge is -1.95. The summed E-state index contributed by atoms with van der Waals surface area (Å²) in [5.41, 5.74) is 0.941. The van der Waals surface area contributed by atoms with Crippen molar-refractivity contribution in [3.63, 3.8) is 0 Å². The van der Waals surface area contributed by atoms with E-state index in [2.05, 4.69) is 6.07 Å². The van der Waals surface area contributed by atoms with Crippen LogP contribution in [0, 0.1) is 6.07 Å². The quantitative estimate of drug-likeness (QED) is 0.677. The van der Waals surface area contributed by atoms with Crippen LogP contribution in [0.25, 0.3) is 0 Å². The van der Waals surface area contributed by atoms with E-state index in [1.54, 1.807) is 6.26 Å². The normalized spacial score (nSPS) is 10.6. The SMILES string of the molecule is CCOCc1[c]c(COCC)oc1. The summed E-state index contributed by atoms with van der Waals surface area (Å²) in [5.74, 6) is 0.733. The molecule has 0 aliphatic carbocycles. The Balaban J connectivity index is 2.34. The first-order valence-electron chi connectivity index (χ1n) is 4.50. The van der Waals surface area contributed by atoms with Crippen molar-refractivity contribution in [3.05, 3.63) is 23.7 Å². The maximum Gasteiger partial charge on any atom is 0.137 e. The number of ether oxygens (including phenoxy) is 2. The van der Waals surface area contributed by atoms with Gasteiger partial charge < -0.3 is 13.9 Å². The van der Waals surface area contributed by atoms with E-state index in [1.807, 2.05) is 13.8 Å². The van der Waals surface area contributed by atoms with Crippen molar-refractivity contribution in [1.29, 1.82) is 0 Å². The van der Waals surface area contributed by atoms with Crippen molar-refractivity contribution < 1.29 is 13.9 Å². The van der Waals surface area contributed by atoms with Gasteiger partial charge in [0.2, 0.25) is 0 Å². The predicted octanol–water partition coefficient (Wildman–Crippen LogP) is 2.15. The maximum atomic E-state index is 5.21. The van der Waals surface area contributed by atoms with Crippen molar-refractivity contribution in [2.24, 2.45) is 0 Å². The molecule has 0 saturated heterocycles. The molecule has 1 heterocycles. The topological polar surface area (TPSA) is 31.6 Å². The van der Waals surface area contributed by atoms with Gasteiger partial charge in [-0.05, 0) is 13.8 Å². The molecule has 1 aromatic heterocycles. The molecule has 0 aliphatic rings. The molecule has 0 spiro atoms. The van der Waals surface area contributed by atoms with Crippen molar-refractivity contribution in [2.75, 3.05) is 13.2 Å². The summed E-state index contributed by atoms with van der Waals surface area (Å²) in [6, 6.07) is 3.07. The molecule has 13 heavy (non-hydrogen) atoms. The number of furan rings is 1. The van der Waals surface area contributed by atoms with Gasteiger partial charge in [-0.3, -0.25) is 0 Å². The van der Waals surface area contributed by atoms with Crippen LogP contribution in [0.1, 0.15) is 25.2 Å². The highest BCUT2D eigenvalue weighted by Crippen LogP contribution is 2.08. The second-order valence-electron chi connectivity index (χ2n) is 2.58. The van der Waals surface area contributed by atoms with Crippen LogP contribution in [0.5, 0.6) is 0 Å². The van der Waals surface area contributed by atoms with E-state index in [9.17, 15) is 0 Å². The highest BCUT2D eigenvalue weighted by atomic mass is 16.5. The molecular weight excluding hydrogens is 168 g/mol. The summed E-state index contributed by atoms with van der Waals surface area (Å²) in [5, 5.41) is 0. The van der Waals surface area contributed by atoms with E-state index < -0.39 is 0 Å². The van der Waals surface area contributed by atoms with E-state index in [0.717, 1.165) is 11.3 Å². The van der Waals surface area contributed by atoms with Gasteiger partial charge in [0.05, 0.1) is 12.9 Å². The maximum absolute atomic E-state index is 5.21. The Hall–Kier alpha value is -0.800. The standard InChI is InChI=1S/C10H15O3/c1-3-11-6-9-5-10(13-7-9)8-12-4-2/h7H,3-4,6,8H2,1-2H3. The third-order valence-corrected chi connectivity index (χ3v) is 1.54. The van der Waals surface area contributed by atoms with Gasteiger partial charge >= 0.3 is 0 Å². The fourth-order valence-corrected chi connectivity index (χ4v) is 0.927. The van der Waals surface area contributed by atoms with E-state index in [0.29, 0.717) is 26.4 Å². The lowest BCUT2D eigenvalue weighted by molar-refractivity contribution is 0.118. The van der Waals surface area contributed by atoms with Gasteiger partial charge in [0.1, 0.15) is 12.4 Å². The zero-order valence-electron chi connectivity index (χ0n) is 8.13. The molecule has 1 aromatic rings. The van der Waals surface area contributed by atoms with E-state index in [4.69, 9.17) is 13.9 Å². The summed E-state index contributed by atoms with van der Waals surface area (Å²) in [4.78, 5) is 0. The van der Waals surface area contributed by atoms with Crippen molar-refractivity contribution in [1.82, 2.24) is 0 Å². The molecule has 0 unspecified atom stereocenters. The highest BCUT2D eigenvalue weighted by Gasteiger charge is 2.01. The van der Waals surface area contributed by atoms with Gasteiger partial charge in [-0.1, -0.05) is 0 Å². The molecule has 0 amide bonds. The third-order valence-electron chi connectivity index (χ3n) is 1.54. The Morgan fingerprint density at radius 1 is 1.23 bits per heavy atom. The lowest BCUT2D eigenvalue weighted by atomic mass is 10.3. The van der Waals surface area contributed by atoms with Gasteiger partial charge in [-0.25, -0.2) is 0 Å². The molecule has 1 radical (unpaired) electrons. The Morgan fingerprint density at radius 3 is 2.62 bits per heavy atom. The third kappa shape index (κ3) is 3.61. The average Bonchev–Trinajstić information content (AvgIpc) is 2.59. The lowest BCUT2D eigenvalue weighted by Crippen LogP contribution is -1.91. The number of hydrogen-bond acceptors (Lipinski definition) is 3. The first-order valence-corrected chi connectivity index (χ1v) is 4.50. The summed E-state index contributed by atoms with van der Waals surface area (Å²) in [6.45, 7) is 6.36. The fourth-order valence-electron chi connectivity index (χ4n) is 0.927. The largest absolute Gasteiger partial charge is 0.466 e. The molecule has 0 aliphatic heterocycles. The van der Waals surface area contributed by atoms with Gasteiger partial charge in [0.15, 0.2) is 0 Å². The zero-order valence-corrected chi connectivity index (χ0v) is 8.13. The molecule has 1 rings (SSSR count). The van der Waals surface area contributed by atoms with Gasteiger partial charge in [0, 0.05) is 24.8 Å². The molecule has 3 heteroatoms. The summed E-state index contributed by atoms with van der Waals surface area (Å²) in [6.07, 6.45) is 1.66. The molecule has 0 N–H and O–H groups in total. The Morgan fingerprint density at radius 2 is 1.92 bits per heavy atom. The Labute approximate surface area is 78.6 Å². The summed E-state index contributed by atoms with van der Waals surface area (Å²) in [7, 11) is 0. The van der Waals surface area contributed by atoms with Crippen LogP contribution in [0.4, 0.5) is 0 Å². The molecular formula is C10H15O3. The molecule has 0 saturated carbocycles. The van der Waals surface area contributed by atoms with Crippen molar-refractivity contribution in [3.8, 4) is 0 Å². The monoisotopic (exact) mass is 183 g/mol. The van der Waals surface area contributed by atoms with E-state index in [-0.39, 0.29) is 0 Å². The molecule has 0 bridgehead atoms. The van der Waals surface area contributed by atoms with Crippen LogP contribution in [-0.2, 0) is 22.7 Å². The minimum Gasteiger partial charge on any atom is -0.466 e. The number of hydrogen-bond donors (Lipinski definition) is 0. The van der Waals surface area contributed by atoms with E-state index >= 15 is 0 Å². The minimum atomic E-state index is 0.489. The van der Waals surface area contributed by atoms with Crippen molar-refractivity contribution in [2.45, 2.75) is 27.1 Å². The van der Waals surface area contributed by atoms with E-state index in [1.165, 1.54) is 0 Å². The molecule has 3 nitrogen and oxygen atoms in total. The predicted molar refractivity (Wildman–Crippen MR) is 48.2 cm³/mol. The second-order valence-corrected chi connectivity index (χ2v) is 2.58. The average molecular weight is 183 g/mol. The van der Waals surface area contributed by atoms with Gasteiger partial charge in [0.25, 0.3) is 0 Å². The van der Waals surface area contributed by atoms with Crippen LogP contribution in [0.3, 0.4) is 0 Å². The first-order chi connectivity index (χ1) is 6.36. The molecule has 73 valence electrons. The van der Waals surface area contributed by atoms with Gasteiger partial charge in [-0.2, -0.15) is 0 Å². The van der Waals surface area contributed by atoms with Crippen LogP contribution < -0.4 is 0 Å². The van der Waals surface area contributed by atoms with Gasteiger partial charge in [-0.15, -0.1) is 0 Å². The first kappa shape index (κ1) is 10.3. The Bertz CT molecular complexity index is 207. The van der Waals surface area contributed by atoms with Crippen molar-refractivity contribution >= 4 is 0 Å². The van der Waals surface area contributed by atoms with Crippen LogP contribution in [0.2, 0.25) is 0 Å². The molecule has 0 fully saturated rings. The smallest absolute Gasteiger partial charge is 0.137 e. The van der Waals surface area contributed by atoms with Crippen LogP contribution >= 0.6 is 0 Å². The Kier molecular flexibility index (Phi) is 4.57. The zero-order chi connectivity index (χ0) is 9.52. The molecule has 0 atom stereocenters. The summed E-state index contributed by atoms with van der Waals surface area (Å²) >= 11 is 0. The summed E-state index contributed by atoms with van der Waals surface area (Å²) < 4.78 is 15.6. The fraction of sp³-hybridized carbons (Fsp3) is 0.600. The van der Waals surface area contributed by atoms with Crippen LogP contribution in [-0.4, -0.2) is 13.2 Å². The van der Waals surface area contributed by atoms with Crippen LogP contribution in [0.15, 0.2) is 10.7 Å².